The highest BCUT2D eigenvalue weighted by Gasteiger charge is 2.13. The lowest BCUT2D eigenvalue weighted by molar-refractivity contribution is -0.129. The van der Waals surface area contributed by atoms with E-state index in [9.17, 15) is 9.18 Å². The van der Waals surface area contributed by atoms with Crippen LogP contribution < -0.4 is 5.73 Å². The summed E-state index contributed by atoms with van der Waals surface area (Å²) in [6, 6.07) is 2.28. The van der Waals surface area contributed by atoms with Gasteiger partial charge in [-0.2, -0.15) is 0 Å². The van der Waals surface area contributed by atoms with Crippen LogP contribution in [0.3, 0.4) is 0 Å². The van der Waals surface area contributed by atoms with Crippen LogP contribution in [0.5, 0.6) is 0 Å². The topological polar surface area (TPSA) is 59.2 Å². The molecule has 0 bridgehead atoms. The fourth-order valence-electron chi connectivity index (χ4n) is 1.08. The lowest BCUT2D eigenvalue weighted by Gasteiger charge is -2.14. The smallest absolute Gasteiger partial charge is 0.224 e. The van der Waals surface area contributed by atoms with Crippen molar-refractivity contribution in [3.8, 4) is 0 Å². The minimum Gasteiger partial charge on any atom is -0.349 e. The van der Waals surface area contributed by atoms with E-state index in [1.54, 1.807) is 14.1 Å². The number of hydrogen-bond acceptors (Lipinski definition) is 3. The molecular formula is C10H14FN3O. The molecule has 82 valence electrons. The van der Waals surface area contributed by atoms with Gasteiger partial charge in [0.05, 0.1) is 17.9 Å². The molecule has 1 aromatic heterocycles. The Labute approximate surface area is 87.9 Å². The molecule has 15 heavy (non-hydrogen) atoms. The minimum atomic E-state index is -0.486. The van der Waals surface area contributed by atoms with E-state index in [1.807, 2.05) is 0 Å². The van der Waals surface area contributed by atoms with Gasteiger partial charge in [-0.1, -0.05) is 0 Å². The van der Waals surface area contributed by atoms with E-state index in [4.69, 9.17) is 5.73 Å². The van der Waals surface area contributed by atoms with Gasteiger partial charge in [0.2, 0.25) is 5.91 Å². The van der Waals surface area contributed by atoms with Crippen LogP contribution in [-0.4, -0.2) is 29.9 Å². The second-order valence-corrected chi connectivity index (χ2v) is 3.50. The van der Waals surface area contributed by atoms with Gasteiger partial charge in [-0.05, 0) is 12.1 Å². The predicted octanol–water partition coefficient (Wildman–Crippen LogP) is 0.699. The third kappa shape index (κ3) is 3.28. The lowest BCUT2D eigenvalue weighted by Crippen LogP contribution is -2.26. The van der Waals surface area contributed by atoms with Crippen molar-refractivity contribution in [1.29, 1.82) is 0 Å². The molecule has 1 aromatic rings. The van der Waals surface area contributed by atoms with Crippen LogP contribution in [0.25, 0.3) is 0 Å². The van der Waals surface area contributed by atoms with Crippen LogP contribution in [0.15, 0.2) is 18.3 Å². The molecule has 0 fully saturated rings. The summed E-state index contributed by atoms with van der Waals surface area (Å²) in [6.07, 6.45) is 1.26. The van der Waals surface area contributed by atoms with Gasteiger partial charge < -0.3 is 10.6 Å². The molecular weight excluding hydrogens is 197 g/mol. The number of nitrogens with two attached hydrogens (primary N) is 1. The highest BCUT2D eigenvalue weighted by molar-refractivity contribution is 5.76. The second-order valence-electron chi connectivity index (χ2n) is 3.50. The van der Waals surface area contributed by atoms with Gasteiger partial charge >= 0.3 is 0 Å². The Balaban J connectivity index is 2.65. The first-order chi connectivity index (χ1) is 7.00. The minimum absolute atomic E-state index is 0.0753. The third-order valence-electron chi connectivity index (χ3n) is 2.02. The van der Waals surface area contributed by atoms with Crippen molar-refractivity contribution >= 4 is 5.91 Å². The Morgan fingerprint density at radius 1 is 1.60 bits per heavy atom. The van der Waals surface area contributed by atoms with E-state index in [-0.39, 0.29) is 12.3 Å². The molecule has 0 radical (unpaired) electrons. The first-order valence-corrected chi connectivity index (χ1v) is 4.58. The standard InChI is InChI=1S/C10H14FN3O/c1-14(2)10(15)5-8(12)9-4-3-7(11)6-13-9/h3-4,6,8H,5,12H2,1-2H3. The summed E-state index contributed by atoms with van der Waals surface area (Å²) in [7, 11) is 3.32. The first-order valence-electron chi connectivity index (χ1n) is 4.58. The maximum Gasteiger partial charge on any atom is 0.224 e. The van der Waals surface area contributed by atoms with E-state index in [0.29, 0.717) is 5.69 Å². The summed E-state index contributed by atoms with van der Waals surface area (Å²) in [5.74, 6) is -0.487. The van der Waals surface area contributed by atoms with E-state index in [2.05, 4.69) is 4.98 Å². The number of halogens is 1. The first kappa shape index (κ1) is 11.6. The van der Waals surface area contributed by atoms with E-state index in [0.717, 1.165) is 6.20 Å². The summed E-state index contributed by atoms with van der Waals surface area (Å²) in [4.78, 5) is 16.6. The summed E-state index contributed by atoms with van der Waals surface area (Å²) >= 11 is 0. The Hall–Kier alpha value is -1.49. The van der Waals surface area contributed by atoms with Crippen molar-refractivity contribution in [3.63, 3.8) is 0 Å². The fraction of sp³-hybridized carbons (Fsp3) is 0.400. The van der Waals surface area contributed by atoms with Crippen LogP contribution in [0.1, 0.15) is 18.2 Å². The lowest BCUT2D eigenvalue weighted by atomic mass is 10.1. The van der Waals surface area contributed by atoms with Gasteiger partial charge in [-0.25, -0.2) is 4.39 Å². The number of amides is 1. The Kier molecular flexibility index (Phi) is 3.74. The molecule has 0 aliphatic carbocycles. The van der Waals surface area contributed by atoms with Crippen LogP contribution in [-0.2, 0) is 4.79 Å². The summed E-state index contributed by atoms with van der Waals surface area (Å²) in [5.41, 5.74) is 6.27. The predicted molar refractivity (Wildman–Crippen MR) is 54.4 cm³/mol. The van der Waals surface area contributed by atoms with Crippen LogP contribution >= 0.6 is 0 Å². The molecule has 1 rings (SSSR count). The van der Waals surface area contributed by atoms with Crippen molar-refractivity contribution in [1.82, 2.24) is 9.88 Å². The molecule has 1 heterocycles. The van der Waals surface area contributed by atoms with Crippen LogP contribution in [0.2, 0.25) is 0 Å². The van der Waals surface area contributed by atoms with Crippen molar-refractivity contribution in [2.24, 2.45) is 5.73 Å². The average molecular weight is 211 g/mol. The van der Waals surface area contributed by atoms with Crippen molar-refractivity contribution in [2.45, 2.75) is 12.5 Å². The zero-order valence-electron chi connectivity index (χ0n) is 8.77. The van der Waals surface area contributed by atoms with E-state index in [1.165, 1.54) is 17.0 Å². The number of rotatable bonds is 3. The number of hydrogen-bond donors (Lipinski definition) is 1. The number of aromatic nitrogens is 1. The molecule has 0 aliphatic heterocycles. The van der Waals surface area contributed by atoms with E-state index >= 15 is 0 Å². The maximum absolute atomic E-state index is 12.6. The average Bonchev–Trinajstić information content (AvgIpc) is 2.18. The van der Waals surface area contributed by atoms with Crippen molar-refractivity contribution in [2.75, 3.05) is 14.1 Å². The maximum atomic E-state index is 12.6. The van der Waals surface area contributed by atoms with Gasteiger partial charge in [0.15, 0.2) is 0 Å². The van der Waals surface area contributed by atoms with Gasteiger partial charge in [0, 0.05) is 20.5 Å². The quantitative estimate of drug-likeness (QED) is 0.800. The van der Waals surface area contributed by atoms with E-state index < -0.39 is 11.9 Å². The van der Waals surface area contributed by atoms with Gasteiger partial charge in [-0.15, -0.1) is 0 Å². The largest absolute Gasteiger partial charge is 0.349 e. The molecule has 2 N–H and O–H groups in total. The van der Waals surface area contributed by atoms with Gasteiger partial charge in [-0.3, -0.25) is 9.78 Å². The molecule has 0 saturated carbocycles. The number of nitrogens with zero attached hydrogens (tertiary/aromatic N) is 2. The Morgan fingerprint density at radius 2 is 2.27 bits per heavy atom. The molecule has 1 atom stereocenters. The number of carbonyl (C=O) groups is 1. The normalized spacial score (nSPS) is 12.3. The number of carbonyl (C=O) groups excluding carboxylic acids is 1. The Morgan fingerprint density at radius 3 is 2.73 bits per heavy atom. The molecule has 4 nitrogen and oxygen atoms in total. The monoisotopic (exact) mass is 211 g/mol. The number of pyridine rings is 1. The fourth-order valence-corrected chi connectivity index (χ4v) is 1.08. The van der Waals surface area contributed by atoms with Crippen molar-refractivity contribution in [3.05, 3.63) is 29.8 Å². The molecule has 1 amide bonds. The van der Waals surface area contributed by atoms with Gasteiger partial charge in [0.1, 0.15) is 5.82 Å². The molecule has 0 spiro atoms. The van der Waals surface area contributed by atoms with Crippen LogP contribution in [0.4, 0.5) is 4.39 Å². The van der Waals surface area contributed by atoms with Gasteiger partial charge in [0.25, 0.3) is 0 Å². The summed E-state index contributed by atoms with van der Waals surface area (Å²) in [5, 5.41) is 0. The summed E-state index contributed by atoms with van der Waals surface area (Å²) < 4.78 is 12.6. The molecule has 0 saturated heterocycles. The SMILES string of the molecule is CN(C)C(=O)CC(N)c1ccc(F)cn1. The van der Waals surface area contributed by atoms with Crippen molar-refractivity contribution < 1.29 is 9.18 Å². The Bertz CT molecular complexity index is 337. The highest BCUT2D eigenvalue weighted by atomic mass is 19.1. The van der Waals surface area contributed by atoms with Crippen LogP contribution in [0, 0.1) is 5.82 Å². The molecule has 5 heteroatoms. The highest BCUT2D eigenvalue weighted by Crippen LogP contribution is 2.12. The summed E-state index contributed by atoms with van der Waals surface area (Å²) in [6.45, 7) is 0. The second kappa shape index (κ2) is 4.84. The third-order valence-corrected chi connectivity index (χ3v) is 2.02. The molecule has 0 aromatic carbocycles. The zero-order valence-corrected chi connectivity index (χ0v) is 8.77. The molecule has 0 aliphatic rings. The zero-order chi connectivity index (χ0) is 11.4. The molecule has 1 unspecified atom stereocenters.